The van der Waals surface area contributed by atoms with Crippen LogP contribution in [0.1, 0.15) is 23.5 Å². The summed E-state index contributed by atoms with van der Waals surface area (Å²) in [7, 11) is 0. The van der Waals surface area contributed by atoms with Gasteiger partial charge < -0.3 is 5.11 Å². The SMILES string of the molecule is O=C(O)C(CCc1cccnc1)c1ccc(Cl)cc1. The van der Waals surface area contributed by atoms with Gasteiger partial charge in [-0.15, -0.1) is 0 Å². The zero-order chi connectivity index (χ0) is 13.7. The first-order chi connectivity index (χ1) is 9.16. The van der Waals surface area contributed by atoms with Crippen LogP contribution >= 0.6 is 11.6 Å². The fraction of sp³-hybridized carbons (Fsp3) is 0.200. The third-order valence-electron chi connectivity index (χ3n) is 3.01. The molecule has 0 bridgehead atoms. The van der Waals surface area contributed by atoms with Gasteiger partial charge in [0.25, 0.3) is 0 Å². The van der Waals surface area contributed by atoms with Gasteiger partial charge in [0.15, 0.2) is 0 Å². The molecule has 3 nitrogen and oxygen atoms in total. The molecule has 0 radical (unpaired) electrons. The van der Waals surface area contributed by atoms with Crippen LogP contribution in [0.3, 0.4) is 0 Å². The molecule has 0 saturated heterocycles. The lowest BCUT2D eigenvalue weighted by molar-refractivity contribution is -0.138. The van der Waals surface area contributed by atoms with Crippen LogP contribution < -0.4 is 0 Å². The van der Waals surface area contributed by atoms with E-state index in [1.165, 1.54) is 0 Å². The summed E-state index contributed by atoms with van der Waals surface area (Å²) in [6.07, 6.45) is 4.70. The monoisotopic (exact) mass is 275 g/mol. The highest BCUT2D eigenvalue weighted by atomic mass is 35.5. The summed E-state index contributed by atoms with van der Waals surface area (Å²) in [6, 6.07) is 10.8. The fourth-order valence-electron chi connectivity index (χ4n) is 1.98. The molecule has 0 amide bonds. The molecule has 0 aliphatic carbocycles. The molecule has 2 rings (SSSR count). The van der Waals surface area contributed by atoms with E-state index in [0.717, 1.165) is 11.1 Å². The molecule has 1 heterocycles. The van der Waals surface area contributed by atoms with Crippen LogP contribution in [-0.4, -0.2) is 16.1 Å². The quantitative estimate of drug-likeness (QED) is 0.908. The molecular weight excluding hydrogens is 262 g/mol. The molecule has 0 aliphatic heterocycles. The molecule has 1 aromatic heterocycles. The van der Waals surface area contributed by atoms with Gasteiger partial charge in [-0.25, -0.2) is 0 Å². The van der Waals surface area contributed by atoms with Crippen LogP contribution in [0.5, 0.6) is 0 Å². The van der Waals surface area contributed by atoms with E-state index in [9.17, 15) is 9.90 Å². The van der Waals surface area contributed by atoms with Gasteiger partial charge in [0.1, 0.15) is 0 Å². The number of carbonyl (C=O) groups is 1. The van der Waals surface area contributed by atoms with Gasteiger partial charge in [0.05, 0.1) is 5.92 Å². The molecule has 1 atom stereocenters. The maximum atomic E-state index is 11.4. The molecule has 1 N–H and O–H groups in total. The van der Waals surface area contributed by atoms with Crippen LogP contribution in [0, 0.1) is 0 Å². The number of carboxylic acid groups (broad SMARTS) is 1. The number of aryl methyl sites for hydroxylation is 1. The molecule has 0 spiro atoms. The van der Waals surface area contributed by atoms with E-state index < -0.39 is 11.9 Å². The lowest BCUT2D eigenvalue weighted by Crippen LogP contribution is -2.12. The highest BCUT2D eigenvalue weighted by Gasteiger charge is 2.19. The molecule has 0 aliphatic rings. The Labute approximate surface area is 116 Å². The Balaban J connectivity index is 2.09. The number of aliphatic carboxylic acids is 1. The minimum absolute atomic E-state index is 0.516. The highest BCUT2D eigenvalue weighted by molar-refractivity contribution is 6.30. The number of aromatic nitrogens is 1. The van der Waals surface area contributed by atoms with Crippen molar-refractivity contribution in [2.24, 2.45) is 0 Å². The first kappa shape index (κ1) is 13.6. The topological polar surface area (TPSA) is 50.2 Å². The second-order valence-corrected chi connectivity index (χ2v) is 4.78. The Morgan fingerprint density at radius 3 is 2.58 bits per heavy atom. The van der Waals surface area contributed by atoms with Crippen molar-refractivity contribution in [3.8, 4) is 0 Å². The first-order valence-corrected chi connectivity index (χ1v) is 6.42. The van der Waals surface area contributed by atoms with Crippen molar-refractivity contribution in [2.45, 2.75) is 18.8 Å². The Hall–Kier alpha value is -1.87. The van der Waals surface area contributed by atoms with Crippen LogP contribution in [0.25, 0.3) is 0 Å². The molecule has 0 saturated carbocycles. The normalized spacial score (nSPS) is 12.1. The van der Waals surface area contributed by atoms with Crippen molar-refractivity contribution in [2.75, 3.05) is 0 Å². The van der Waals surface area contributed by atoms with Crippen LogP contribution in [0.4, 0.5) is 0 Å². The van der Waals surface area contributed by atoms with Crippen molar-refractivity contribution < 1.29 is 9.90 Å². The summed E-state index contributed by atoms with van der Waals surface area (Å²) in [4.78, 5) is 15.4. The highest BCUT2D eigenvalue weighted by Crippen LogP contribution is 2.23. The standard InChI is InChI=1S/C15H14ClNO2/c16-13-6-4-12(5-7-13)14(15(18)19)8-3-11-2-1-9-17-10-11/h1-2,4-7,9-10,14H,3,8H2,(H,18,19). The number of hydrogen-bond donors (Lipinski definition) is 1. The van der Waals surface area contributed by atoms with E-state index >= 15 is 0 Å². The van der Waals surface area contributed by atoms with Crippen molar-refractivity contribution in [1.29, 1.82) is 0 Å². The maximum absolute atomic E-state index is 11.4. The van der Waals surface area contributed by atoms with Crippen molar-refractivity contribution in [3.05, 3.63) is 64.9 Å². The minimum Gasteiger partial charge on any atom is -0.481 e. The lowest BCUT2D eigenvalue weighted by Gasteiger charge is -2.12. The van der Waals surface area contributed by atoms with Crippen LogP contribution in [0.2, 0.25) is 5.02 Å². The molecule has 0 fully saturated rings. The lowest BCUT2D eigenvalue weighted by atomic mass is 9.93. The van der Waals surface area contributed by atoms with E-state index in [-0.39, 0.29) is 0 Å². The van der Waals surface area contributed by atoms with Gasteiger partial charge in [-0.05, 0) is 42.2 Å². The Morgan fingerprint density at radius 1 is 1.26 bits per heavy atom. The number of rotatable bonds is 5. The maximum Gasteiger partial charge on any atom is 0.310 e. The summed E-state index contributed by atoms with van der Waals surface area (Å²) in [6.45, 7) is 0. The van der Waals surface area contributed by atoms with E-state index in [1.807, 2.05) is 12.1 Å². The Kier molecular flexibility index (Phi) is 4.53. The summed E-state index contributed by atoms with van der Waals surface area (Å²) in [5, 5.41) is 9.94. The van der Waals surface area contributed by atoms with Crippen LogP contribution in [-0.2, 0) is 11.2 Å². The predicted molar refractivity (Wildman–Crippen MR) is 74.4 cm³/mol. The van der Waals surface area contributed by atoms with Crippen LogP contribution in [0.15, 0.2) is 48.8 Å². The third kappa shape index (κ3) is 3.80. The Bertz CT molecular complexity index is 540. The third-order valence-corrected chi connectivity index (χ3v) is 3.27. The zero-order valence-electron chi connectivity index (χ0n) is 10.3. The molecule has 1 unspecified atom stereocenters. The number of pyridine rings is 1. The largest absolute Gasteiger partial charge is 0.481 e. The van der Waals surface area contributed by atoms with Gasteiger partial charge in [-0.3, -0.25) is 9.78 Å². The number of hydrogen-bond acceptors (Lipinski definition) is 2. The van der Waals surface area contributed by atoms with Crippen molar-refractivity contribution in [3.63, 3.8) is 0 Å². The van der Waals surface area contributed by atoms with Gasteiger partial charge in [0, 0.05) is 17.4 Å². The zero-order valence-corrected chi connectivity index (χ0v) is 11.0. The molecule has 2 aromatic rings. The molecule has 19 heavy (non-hydrogen) atoms. The second-order valence-electron chi connectivity index (χ2n) is 4.34. The average Bonchev–Trinajstić information content (AvgIpc) is 2.42. The van der Waals surface area contributed by atoms with Gasteiger partial charge >= 0.3 is 5.97 Å². The van der Waals surface area contributed by atoms with Gasteiger partial charge in [0.2, 0.25) is 0 Å². The van der Waals surface area contributed by atoms with E-state index in [4.69, 9.17) is 11.6 Å². The van der Waals surface area contributed by atoms with E-state index in [1.54, 1.807) is 36.7 Å². The minimum atomic E-state index is -0.814. The summed E-state index contributed by atoms with van der Waals surface area (Å²) < 4.78 is 0. The number of carboxylic acids is 1. The van der Waals surface area contributed by atoms with E-state index in [2.05, 4.69) is 4.98 Å². The van der Waals surface area contributed by atoms with E-state index in [0.29, 0.717) is 17.9 Å². The summed E-state index contributed by atoms with van der Waals surface area (Å²) in [5.74, 6) is -1.33. The Morgan fingerprint density at radius 2 is 2.00 bits per heavy atom. The van der Waals surface area contributed by atoms with Gasteiger partial charge in [-0.1, -0.05) is 29.8 Å². The molecular formula is C15H14ClNO2. The molecule has 98 valence electrons. The first-order valence-electron chi connectivity index (χ1n) is 6.04. The molecule has 1 aromatic carbocycles. The van der Waals surface area contributed by atoms with Gasteiger partial charge in [-0.2, -0.15) is 0 Å². The summed E-state index contributed by atoms with van der Waals surface area (Å²) in [5.41, 5.74) is 1.82. The fourth-order valence-corrected chi connectivity index (χ4v) is 2.11. The number of benzene rings is 1. The second kappa shape index (κ2) is 6.34. The number of nitrogens with zero attached hydrogens (tertiary/aromatic N) is 1. The predicted octanol–water partition coefficient (Wildman–Crippen LogP) is 3.54. The molecule has 4 heteroatoms. The smallest absolute Gasteiger partial charge is 0.310 e. The summed E-state index contributed by atoms with van der Waals surface area (Å²) >= 11 is 5.81. The van der Waals surface area contributed by atoms with Crippen molar-refractivity contribution >= 4 is 17.6 Å². The average molecular weight is 276 g/mol. The number of halogens is 1. The van der Waals surface area contributed by atoms with Crippen molar-refractivity contribution in [1.82, 2.24) is 4.98 Å².